The van der Waals surface area contributed by atoms with Gasteiger partial charge in [0.2, 0.25) is 0 Å². The van der Waals surface area contributed by atoms with Crippen LogP contribution in [0.15, 0.2) is 104 Å². The predicted molar refractivity (Wildman–Crippen MR) is 159 cm³/mol. The number of fused-ring (bicyclic) bond motifs is 1. The van der Waals surface area contributed by atoms with Gasteiger partial charge in [0.15, 0.2) is 0 Å². The molecule has 0 spiro atoms. The SMILES string of the molecule is N#C/C(=C\c1cn(-c2ccccc2)nc1-c1ccc(Cl)cc1)c1nc(-c2cc3cc(Br)ccc3oc2=O)cs1. The number of halogens is 2. The lowest BCUT2D eigenvalue weighted by Gasteiger charge is -2.01. The molecule has 39 heavy (non-hydrogen) atoms. The van der Waals surface area contributed by atoms with Crippen molar-refractivity contribution in [3.63, 3.8) is 0 Å². The average Bonchev–Trinajstić information content (AvgIpc) is 3.60. The van der Waals surface area contributed by atoms with Crippen LogP contribution in [-0.4, -0.2) is 14.8 Å². The number of aromatic nitrogens is 3. The van der Waals surface area contributed by atoms with E-state index in [0.29, 0.717) is 38.1 Å². The Labute approximate surface area is 240 Å². The van der Waals surface area contributed by atoms with E-state index >= 15 is 0 Å². The van der Waals surface area contributed by atoms with Gasteiger partial charge in [0.25, 0.3) is 0 Å². The number of allylic oxidation sites excluding steroid dienone is 1. The summed E-state index contributed by atoms with van der Waals surface area (Å²) in [5.74, 6) is 0. The molecular formula is C30H16BrClN4O2S. The summed E-state index contributed by atoms with van der Waals surface area (Å²) in [7, 11) is 0. The van der Waals surface area contributed by atoms with E-state index < -0.39 is 5.63 Å². The fourth-order valence-electron chi connectivity index (χ4n) is 4.13. The Hall–Kier alpha value is -4.29. The third kappa shape index (κ3) is 5.08. The van der Waals surface area contributed by atoms with Gasteiger partial charge in [0, 0.05) is 37.6 Å². The molecule has 6 nitrogen and oxygen atoms in total. The highest BCUT2D eigenvalue weighted by Crippen LogP contribution is 2.31. The van der Waals surface area contributed by atoms with Crippen molar-refractivity contribution >= 4 is 61.5 Å². The molecule has 0 fully saturated rings. The molecular weight excluding hydrogens is 596 g/mol. The van der Waals surface area contributed by atoms with E-state index in [0.717, 1.165) is 26.7 Å². The summed E-state index contributed by atoms with van der Waals surface area (Å²) in [6.07, 6.45) is 3.64. The summed E-state index contributed by atoms with van der Waals surface area (Å²) in [5.41, 5.74) is 4.31. The minimum atomic E-state index is -0.488. The topological polar surface area (TPSA) is 84.7 Å². The van der Waals surface area contributed by atoms with Crippen LogP contribution in [0.1, 0.15) is 10.6 Å². The molecule has 0 aliphatic heterocycles. The zero-order valence-corrected chi connectivity index (χ0v) is 23.2. The first-order chi connectivity index (χ1) is 19.0. The first-order valence-electron chi connectivity index (χ1n) is 11.7. The number of rotatable bonds is 5. The van der Waals surface area contributed by atoms with Gasteiger partial charge in [-0.1, -0.05) is 57.9 Å². The van der Waals surface area contributed by atoms with Crippen molar-refractivity contribution in [2.75, 3.05) is 0 Å². The molecule has 3 aromatic heterocycles. The van der Waals surface area contributed by atoms with Crippen LogP contribution >= 0.6 is 38.9 Å². The van der Waals surface area contributed by atoms with Gasteiger partial charge in [-0.2, -0.15) is 10.4 Å². The van der Waals surface area contributed by atoms with Gasteiger partial charge in [0.1, 0.15) is 16.7 Å². The van der Waals surface area contributed by atoms with Gasteiger partial charge in [-0.25, -0.2) is 14.5 Å². The van der Waals surface area contributed by atoms with E-state index in [2.05, 4.69) is 27.0 Å². The molecule has 3 aromatic carbocycles. The van der Waals surface area contributed by atoms with E-state index in [9.17, 15) is 10.1 Å². The van der Waals surface area contributed by atoms with Crippen LogP contribution in [0.4, 0.5) is 0 Å². The van der Waals surface area contributed by atoms with Crippen molar-refractivity contribution in [1.29, 1.82) is 5.26 Å². The molecule has 0 N–H and O–H groups in total. The fraction of sp³-hybridized carbons (Fsp3) is 0. The van der Waals surface area contributed by atoms with Crippen LogP contribution in [0, 0.1) is 11.3 Å². The number of nitriles is 1. The number of benzene rings is 3. The Morgan fingerprint density at radius 1 is 1.08 bits per heavy atom. The molecule has 0 bridgehead atoms. The van der Waals surface area contributed by atoms with Crippen molar-refractivity contribution in [3.05, 3.63) is 121 Å². The highest BCUT2D eigenvalue weighted by atomic mass is 79.9. The maximum absolute atomic E-state index is 12.7. The lowest BCUT2D eigenvalue weighted by molar-refractivity contribution is 0.563. The highest BCUT2D eigenvalue weighted by Gasteiger charge is 2.17. The second-order valence-corrected chi connectivity index (χ2v) is 10.8. The minimum absolute atomic E-state index is 0.333. The second kappa shape index (κ2) is 10.5. The van der Waals surface area contributed by atoms with Gasteiger partial charge in [0.05, 0.1) is 28.2 Å². The molecule has 0 amide bonds. The zero-order valence-electron chi connectivity index (χ0n) is 20.0. The van der Waals surface area contributed by atoms with Crippen LogP contribution in [0.5, 0.6) is 0 Å². The number of hydrogen-bond acceptors (Lipinski definition) is 6. The maximum atomic E-state index is 12.7. The summed E-state index contributed by atoms with van der Waals surface area (Å²) in [5, 5.41) is 18.5. The van der Waals surface area contributed by atoms with Gasteiger partial charge in [-0.3, -0.25) is 0 Å². The molecule has 0 radical (unpaired) electrons. The van der Waals surface area contributed by atoms with E-state index in [1.165, 1.54) is 11.3 Å². The fourth-order valence-corrected chi connectivity index (χ4v) is 5.42. The number of thiazole rings is 1. The van der Waals surface area contributed by atoms with Crippen molar-refractivity contribution in [2.24, 2.45) is 0 Å². The van der Waals surface area contributed by atoms with Gasteiger partial charge in [-0.15, -0.1) is 11.3 Å². The van der Waals surface area contributed by atoms with Crippen LogP contribution in [0.2, 0.25) is 5.02 Å². The Morgan fingerprint density at radius 3 is 2.64 bits per heavy atom. The predicted octanol–water partition coefficient (Wildman–Crippen LogP) is 8.25. The summed E-state index contributed by atoms with van der Waals surface area (Å²) < 4.78 is 8.15. The Morgan fingerprint density at radius 2 is 1.87 bits per heavy atom. The van der Waals surface area contributed by atoms with Crippen LogP contribution < -0.4 is 5.63 Å². The quantitative estimate of drug-likeness (QED) is 0.145. The highest BCUT2D eigenvalue weighted by molar-refractivity contribution is 9.10. The first kappa shape index (κ1) is 25.0. The molecule has 6 aromatic rings. The standard InChI is InChI=1S/C30H16BrClN4O2S/c31-22-8-11-27-19(13-22)14-25(30(37)38-27)26-17-39-29(34-26)20(15-33)12-21-16-36(24-4-2-1-3-5-24)35-28(21)18-6-9-23(32)10-7-18/h1-14,16-17H/b20-12+. The van der Waals surface area contributed by atoms with Gasteiger partial charge in [-0.05, 0) is 54.6 Å². The van der Waals surface area contributed by atoms with Gasteiger partial charge >= 0.3 is 5.63 Å². The maximum Gasteiger partial charge on any atom is 0.345 e. The van der Waals surface area contributed by atoms with Crippen LogP contribution in [-0.2, 0) is 0 Å². The molecule has 0 saturated heterocycles. The summed E-state index contributed by atoms with van der Waals surface area (Å²) >= 11 is 10.8. The largest absolute Gasteiger partial charge is 0.422 e. The normalized spacial score (nSPS) is 11.6. The van der Waals surface area contributed by atoms with Crippen LogP contribution in [0.25, 0.3) is 50.8 Å². The average molecular weight is 612 g/mol. The Kier molecular flexibility index (Phi) is 6.71. The monoisotopic (exact) mass is 610 g/mol. The Bertz CT molecular complexity index is 1970. The van der Waals surface area contributed by atoms with E-state index in [1.807, 2.05) is 60.8 Å². The number of para-hydroxylation sites is 1. The zero-order chi connectivity index (χ0) is 26.9. The van der Waals surface area contributed by atoms with Crippen molar-refractivity contribution in [3.8, 4) is 34.3 Å². The molecule has 0 saturated carbocycles. The first-order valence-corrected chi connectivity index (χ1v) is 13.8. The second-order valence-electron chi connectivity index (χ2n) is 8.56. The molecule has 9 heteroatoms. The smallest absolute Gasteiger partial charge is 0.345 e. The number of nitrogens with zero attached hydrogens (tertiary/aromatic N) is 4. The third-order valence-electron chi connectivity index (χ3n) is 6.01. The molecule has 0 atom stereocenters. The summed E-state index contributed by atoms with van der Waals surface area (Å²) in [4.78, 5) is 17.3. The minimum Gasteiger partial charge on any atom is -0.422 e. The van der Waals surface area contributed by atoms with E-state index in [4.69, 9.17) is 21.1 Å². The van der Waals surface area contributed by atoms with E-state index in [1.54, 1.807) is 40.4 Å². The lowest BCUT2D eigenvalue weighted by Crippen LogP contribution is -2.02. The van der Waals surface area contributed by atoms with E-state index in [-0.39, 0.29) is 0 Å². The molecule has 6 rings (SSSR count). The summed E-state index contributed by atoms with van der Waals surface area (Å²) in [6.45, 7) is 0. The van der Waals surface area contributed by atoms with Gasteiger partial charge < -0.3 is 4.42 Å². The Balaban J connectivity index is 1.43. The number of hydrogen-bond donors (Lipinski definition) is 0. The molecule has 0 aliphatic rings. The molecule has 3 heterocycles. The lowest BCUT2D eigenvalue weighted by atomic mass is 10.1. The molecule has 0 unspecified atom stereocenters. The van der Waals surface area contributed by atoms with Crippen molar-refractivity contribution in [2.45, 2.75) is 0 Å². The summed E-state index contributed by atoms with van der Waals surface area (Å²) in [6, 6.07) is 26.6. The third-order valence-corrected chi connectivity index (χ3v) is 7.63. The van der Waals surface area contributed by atoms with Crippen LogP contribution in [0.3, 0.4) is 0 Å². The molecule has 188 valence electrons. The molecule has 0 aliphatic carbocycles. The van der Waals surface area contributed by atoms with Crippen molar-refractivity contribution in [1.82, 2.24) is 14.8 Å². The van der Waals surface area contributed by atoms with Crippen molar-refractivity contribution < 1.29 is 4.42 Å².